The molecular formula is C20H36O. The maximum Gasteiger partial charge on any atom is 0.132 e. The molecule has 0 fully saturated rings. The van der Waals surface area contributed by atoms with Crippen molar-refractivity contribution in [1.29, 1.82) is 0 Å². The van der Waals surface area contributed by atoms with Crippen LogP contribution < -0.4 is 0 Å². The van der Waals surface area contributed by atoms with Gasteiger partial charge < -0.3 is 0 Å². The highest BCUT2D eigenvalue weighted by atomic mass is 16.1. The second-order valence-electron chi connectivity index (χ2n) is 5.87. The van der Waals surface area contributed by atoms with Crippen LogP contribution in [0.15, 0.2) is 24.3 Å². The van der Waals surface area contributed by atoms with Gasteiger partial charge in [0.25, 0.3) is 0 Å². The highest BCUT2D eigenvalue weighted by molar-refractivity contribution is 5.78. The lowest BCUT2D eigenvalue weighted by molar-refractivity contribution is -0.118. The molecule has 122 valence electrons. The molecule has 0 aromatic carbocycles. The van der Waals surface area contributed by atoms with Gasteiger partial charge in [-0.15, -0.1) is 0 Å². The fraction of sp³-hybridized carbons (Fsp3) is 0.750. The van der Waals surface area contributed by atoms with E-state index in [0.29, 0.717) is 18.6 Å². The van der Waals surface area contributed by atoms with Crippen molar-refractivity contribution in [2.24, 2.45) is 0 Å². The number of rotatable bonds is 15. The summed E-state index contributed by atoms with van der Waals surface area (Å²) >= 11 is 0. The molecule has 0 aliphatic heterocycles. The Bertz CT molecular complexity index is 276. The molecule has 0 rings (SSSR count). The van der Waals surface area contributed by atoms with Gasteiger partial charge in [0.1, 0.15) is 5.78 Å². The zero-order chi connectivity index (χ0) is 15.6. The van der Waals surface area contributed by atoms with Gasteiger partial charge >= 0.3 is 0 Å². The molecule has 0 atom stereocenters. The first kappa shape index (κ1) is 20.1. The molecule has 0 aromatic heterocycles. The largest absolute Gasteiger partial charge is 0.300 e. The number of Topliss-reactive ketones (excluding diaryl/α,β-unsaturated/α-hetero) is 1. The van der Waals surface area contributed by atoms with E-state index in [1.165, 1.54) is 57.8 Å². The minimum atomic E-state index is 0.366. The Labute approximate surface area is 132 Å². The lowest BCUT2D eigenvalue weighted by atomic mass is 10.1. The van der Waals surface area contributed by atoms with E-state index in [1.807, 2.05) is 6.92 Å². The highest BCUT2D eigenvalue weighted by Crippen LogP contribution is 2.09. The second-order valence-corrected chi connectivity index (χ2v) is 5.87. The summed E-state index contributed by atoms with van der Waals surface area (Å²) in [5.41, 5.74) is 0. The van der Waals surface area contributed by atoms with Gasteiger partial charge in [-0.05, 0) is 25.7 Å². The third-order valence-corrected chi connectivity index (χ3v) is 3.81. The third-order valence-electron chi connectivity index (χ3n) is 3.81. The van der Waals surface area contributed by atoms with Gasteiger partial charge in [-0.2, -0.15) is 0 Å². The van der Waals surface area contributed by atoms with E-state index in [2.05, 4.69) is 31.2 Å². The lowest BCUT2D eigenvalue weighted by Gasteiger charge is -1.99. The Morgan fingerprint density at radius 1 is 0.714 bits per heavy atom. The number of ketones is 1. The molecule has 0 spiro atoms. The van der Waals surface area contributed by atoms with Crippen LogP contribution in [0.5, 0.6) is 0 Å². The maximum absolute atomic E-state index is 11.1. The third kappa shape index (κ3) is 17.1. The molecule has 1 nitrogen and oxygen atoms in total. The van der Waals surface area contributed by atoms with Gasteiger partial charge in [-0.25, -0.2) is 0 Å². The number of carbonyl (C=O) groups is 1. The van der Waals surface area contributed by atoms with Crippen molar-refractivity contribution in [2.45, 2.75) is 97.3 Å². The lowest BCUT2D eigenvalue weighted by Crippen LogP contribution is -1.92. The summed E-state index contributed by atoms with van der Waals surface area (Å²) in [7, 11) is 0. The second kappa shape index (κ2) is 17.2. The maximum atomic E-state index is 11.1. The van der Waals surface area contributed by atoms with Crippen LogP contribution in [0.3, 0.4) is 0 Å². The van der Waals surface area contributed by atoms with Crippen LogP contribution in [0.2, 0.25) is 0 Å². The van der Waals surface area contributed by atoms with Crippen molar-refractivity contribution >= 4 is 5.78 Å². The Morgan fingerprint density at radius 2 is 1.29 bits per heavy atom. The molecular weight excluding hydrogens is 256 g/mol. The molecule has 0 heterocycles. The summed E-state index contributed by atoms with van der Waals surface area (Å²) in [6.07, 6.45) is 24.5. The van der Waals surface area contributed by atoms with Crippen LogP contribution in [0.1, 0.15) is 97.3 Å². The van der Waals surface area contributed by atoms with Crippen molar-refractivity contribution in [1.82, 2.24) is 0 Å². The molecule has 0 radical (unpaired) electrons. The minimum absolute atomic E-state index is 0.366. The number of unbranched alkanes of at least 4 members (excludes halogenated alkanes) is 8. The van der Waals surface area contributed by atoms with Gasteiger partial charge in [-0.1, -0.05) is 83.1 Å². The van der Waals surface area contributed by atoms with Gasteiger partial charge in [0.2, 0.25) is 0 Å². The Morgan fingerprint density at radius 3 is 1.90 bits per heavy atom. The van der Waals surface area contributed by atoms with Crippen molar-refractivity contribution in [3.05, 3.63) is 24.3 Å². The summed E-state index contributed by atoms with van der Waals surface area (Å²) in [4.78, 5) is 11.1. The number of hydrogen-bond acceptors (Lipinski definition) is 1. The summed E-state index contributed by atoms with van der Waals surface area (Å²) in [6.45, 7) is 4.20. The zero-order valence-electron chi connectivity index (χ0n) is 14.4. The summed E-state index contributed by atoms with van der Waals surface area (Å²) in [6, 6.07) is 0. The van der Waals surface area contributed by atoms with Crippen LogP contribution in [-0.4, -0.2) is 5.78 Å². The molecule has 0 amide bonds. The van der Waals surface area contributed by atoms with Crippen LogP contribution in [0.25, 0.3) is 0 Å². The predicted molar refractivity (Wildman–Crippen MR) is 94.7 cm³/mol. The Hall–Kier alpha value is -0.850. The molecule has 0 aliphatic rings. The molecule has 0 bridgehead atoms. The van der Waals surface area contributed by atoms with Crippen LogP contribution in [-0.2, 0) is 4.79 Å². The normalized spacial score (nSPS) is 11.7. The standard InChI is InChI=1S/C20H36O/c1-3-5-6-7-8-9-10-11-12-13-14-15-16-17-18-19-20(21)4-2/h13-14,16-17H,3-12,15,18-19H2,1-2H3/b14-13+,17-16+. The Kier molecular flexibility index (Phi) is 16.5. The molecule has 0 unspecified atom stereocenters. The van der Waals surface area contributed by atoms with Gasteiger partial charge in [-0.3, -0.25) is 4.79 Å². The van der Waals surface area contributed by atoms with E-state index in [1.54, 1.807) is 0 Å². The van der Waals surface area contributed by atoms with E-state index in [-0.39, 0.29) is 0 Å². The van der Waals surface area contributed by atoms with Crippen molar-refractivity contribution in [2.75, 3.05) is 0 Å². The first-order valence-corrected chi connectivity index (χ1v) is 9.13. The average molecular weight is 293 g/mol. The number of carbonyl (C=O) groups excluding carboxylic acids is 1. The first-order chi connectivity index (χ1) is 10.3. The van der Waals surface area contributed by atoms with E-state index < -0.39 is 0 Å². The average Bonchev–Trinajstić information content (AvgIpc) is 2.50. The molecule has 1 heteroatoms. The smallest absolute Gasteiger partial charge is 0.132 e. The summed E-state index contributed by atoms with van der Waals surface area (Å²) in [5, 5.41) is 0. The van der Waals surface area contributed by atoms with Gasteiger partial charge in [0.15, 0.2) is 0 Å². The van der Waals surface area contributed by atoms with Crippen molar-refractivity contribution in [3.8, 4) is 0 Å². The van der Waals surface area contributed by atoms with Crippen molar-refractivity contribution < 1.29 is 4.79 Å². The van der Waals surface area contributed by atoms with E-state index >= 15 is 0 Å². The minimum Gasteiger partial charge on any atom is -0.300 e. The predicted octanol–water partition coefficient (Wildman–Crippen LogP) is 6.78. The van der Waals surface area contributed by atoms with Crippen molar-refractivity contribution in [3.63, 3.8) is 0 Å². The van der Waals surface area contributed by atoms with E-state index in [0.717, 1.165) is 12.8 Å². The monoisotopic (exact) mass is 292 g/mol. The molecule has 0 N–H and O–H groups in total. The van der Waals surface area contributed by atoms with E-state index in [9.17, 15) is 4.79 Å². The number of hydrogen-bond donors (Lipinski definition) is 0. The van der Waals surface area contributed by atoms with Gasteiger partial charge in [0.05, 0.1) is 0 Å². The fourth-order valence-corrected chi connectivity index (χ4v) is 2.32. The topological polar surface area (TPSA) is 17.1 Å². The summed E-state index contributed by atoms with van der Waals surface area (Å²) < 4.78 is 0. The molecule has 0 saturated carbocycles. The Balaban J connectivity index is 3.22. The zero-order valence-corrected chi connectivity index (χ0v) is 14.4. The van der Waals surface area contributed by atoms with Crippen LogP contribution >= 0.6 is 0 Å². The molecule has 21 heavy (non-hydrogen) atoms. The SMILES string of the molecule is CCCCCCCCCC/C=C/C/C=C/CCC(=O)CC. The van der Waals surface area contributed by atoms with Crippen LogP contribution in [0, 0.1) is 0 Å². The van der Waals surface area contributed by atoms with Crippen LogP contribution in [0.4, 0.5) is 0 Å². The first-order valence-electron chi connectivity index (χ1n) is 9.13. The highest BCUT2D eigenvalue weighted by Gasteiger charge is 1.93. The quantitative estimate of drug-likeness (QED) is 0.240. The molecule has 0 saturated heterocycles. The molecule has 0 aromatic rings. The summed E-state index contributed by atoms with van der Waals surface area (Å²) in [5.74, 6) is 0.366. The molecule has 0 aliphatic carbocycles. The number of allylic oxidation sites excluding steroid dienone is 4. The van der Waals surface area contributed by atoms with Gasteiger partial charge in [0, 0.05) is 12.8 Å². The van der Waals surface area contributed by atoms with E-state index in [4.69, 9.17) is 0 Å². The fourth-order valence-electron chi connectivity index (χ4n) is 2.32.